The van der Waals surface area contributed by atoms with Crippen molar-refractivity contribution in [1.82, 2.24) is 0 Å². The third kappa shape index (κ3) is 3.24. The Morgan fingerprint density at radius 3 is 2.22 bits per heavy atom. The molecule has 1 nitrogen and oxygen atoms in total. The summed E-state index contributed by atoms with van der Waals surface area (Å²) in [5, 5.41) is 1.64. The fraction of sp³-hybridized carbons (Fsp3) is 0.0769. The Labute approximate surface area is 125 Å². The quantitative estimate of drug-likeness (QED) is 0.613. The number of halogens is 4. The fourth-order valence-electron chi connectivity index (χ4n) is 1.43. The SMILES string of the molecule is ClCc1cc(Cl)ccc1Oc1cc(Cl)ccc1Cl. The summed E-state index contributed by atoms with van der Waals surface area (Å²) in [7, 11) is 0. The van der Waals surface area contributed by atoms with Crippen LogP contribution in [0.5, 0.6) is 11.5 Å². The molecule has 0 radical (unpaired) electrons. The molecule has 2 rings (SSSR count). The van der Waals surface area contributed by atoms with Gasteiger partial charge in [-0.3, -0.25) is 0 Å². The van der Waals surface area contributed by atoms with Crippen LogP contribution in [0.15, 0.2) is 36.4 Å². The van der Waals surface area contributed by atoms with Gasteiger partial charge in [-0.2, -0.15) is 0 Å². The Hall–Kier alpha value is -0.600. The molecule has 0 fully saturated rings. The first-order valence-corrected chi connectivity index (χ1v) is 6.74. The summed E-state index contributed by atoms with van der Waals surface area (Å²) >= 11 is 23.7. The molecule has 0 aliphatic carbocycles. The number of hydrogen-bond acceptors (Lipinski definition) is 1. The van der Waals surface area contributed by atoms with E-state index in [2.05, 4.69) is 0 Å². The number of rotatable bonds is 3. The monoisotopic (exact) mass is 320 g/mol. The minimum atomic E-state index is 0.300. The second kappa shape index (κ2) is 6.03. The lowest BCUT2D eigenvalue weighted by Gasteiger charge is -2.11. The van der Waals surface area contributed by atoms with Gasteiger partial charge in [-0.1, -0.05) is 34.8 Å². The van der Waals surface area contributed by atoms with Crippen molar-refractivity contribution < 1.29 is 4.74 Å². The van der Waals surface area contributed by atoms with E-state index in [9.17, 15) is 0 Å². The van der Waals surface area contributed by atoms with Crippen molar-refractivity contribution in [3.63, 3.8) is 0 Å². The van der Waals surface area contributed by atoms with E-state index >= 15 is 0 Å². The minimum Gasteiger partial charge on any atom is -0.455 e. The molecule has 0 spiro atoms. The molecule has 0 bridgehead atoms. The van der Waals surface area contributed by atoms with Gasteiger partial charge in [0.2, 0.25) is 0 Å². The fourth-order valence-corrected chi connectivity index (χ4v) is 2.15. The van der Waals surface area contributed by atoms with Crippen molar-refractivity contribution in [3.8, 4) is 11.5 Å². The van der Waals surface area contributed by atoms with E-state index < -0.39 is 0 Å². The lowest BCUT2D eigenvalue weighted by atomic mass is 10.2. The van der Waals surface area contributed by atoms with Crippen LogP contribution in [-0.4, -0.2) is 0 Å². The molecule has 0 heterocycles. The van der Waals surface area contributed by atoms with Gasteiger partial charge in [0.05, 0.1) is 10.9 Å². The third-order valence-corrected chi connectivity index (χ3v) is 3.35. The molecule has 0 atom stereocenters. The van der Waals surface area contributed by atoms with Gasteiger partial charge in [-0.05, 0) is 30.3 Å². The maximum Gasteiger partial charge on any atom is 0.147 e. The molecule has 2 aromatic rings. The lowest BCUT2D eigenvalue weighted by molar-refractivity contribution is 0.478. The zero-order chi connectivity index (χ0) is 13.1. The Bertz CT molecular complexity index is 569. The first kappa shape index (κ1) is 13.8. The molecule has 0 N–H and O–H groups in total. The molecular formula is C13H8Cl4O. The summed E-state index contributed by atoms with van der Waals surface area (Å²) in [5.41, 5.74) is 0.792. The summed E-state index contributed by atoms with van der Waals surface area (Å²) in [6.07, 6.45) is 0. The van der Waals surface area contributed by atoms with Crippen LogP contribution in [0.1, 0.15) is 5.56 Å². The van der Waals surface area contributed by atoms with E-state index in [0.717, 1.165) is 5.56 Å². The summed E-state index contributed by atoms with van der Waals surface area (Å²) in [6, 6.07) is 10.2. The maximum atomic E-state index is 6.03. The first-order valence-electron chi connectivity index (χ1n) is 5.07. The molecule has 94 valence electrons. The number of hydrogen-bond donors (Lipinski definition) is 0. The van der Waals surface area contributed by atoms with Crippen LogP contribution in [0.25, 0.3) is 0 Å². The molecule has 18 heavy (non-hydrogen) atoms. The predicted octanol–water partition coefficient (Wildman–Crippen LogP) is 6.18. The Morgan fingerprint density at radius 2 is 1.50 bits per heavy atom. The number of alkyl halides is 1. The standard InChI is InChI=1S/C13H8Cl4O/c14-7-8-5-9(15)2-4-12(8)18-13-6-10(16)1-3-11(13)17/h1-6H,7H2. The van der Waals surface area contributed by atoms with Crippen molar-refractivity contribution in [2.75, 3.05) is 0 Å². The van der Waals surface area contributed by atoms with Gasteiger partial charge < -0.3 is 4.74 Å². The van der Waals surface area contributed by atoms with Gasteiger partial charge in [-0.15, -0.1) is 11.6 Å². The normalized spacial score (nSPS) is 10.4. The van der Waals surface area contributed by atoms with Gasteiger partial charge in [0.1, 0.15) is 11.5 Å². The van der Waals surface area contributed by atoms with Crippen molar-refractivity contribution in [2.24, 2.45) is 0 Å². The lowest BCUT2D eigenvalue weighted by Crippen LogP contribution is -1.90. The number of ether oxygens (including phenoxy) is 1. The second-order valence-electron chi connectivity index (χ2n) is 3.56. The number of benzene rings is 2. The van der Waals surface area contributed by atoms with Gasteiger partial charge in [-0.25, -0.2) is 0 Å². The van der Waals surface area contributed by atoms with Gasteiger partial charge in [0.25, 0.3) is 0 Å². The van der Waals surface area contributed by atoms with E-state index in [4.69, 9.17) is 51.1 Å². The molecule has 0 aromatic heterocycles. The molecule has 0 aliphatic heterocycles. The van der Waals surface area contributed by atoms with Gasteiger partial charge in [0, 0.05) is 21.7 Å². The average Bonchev–Trinajstić information content (AvgIpc) is 2.36. The molecule has 0 unspecified atom stereocenters. The van der Waals surface area contributed by atoms with E-state index in [1.807, 2.05) is 0 Å². The maximum absolute atomic E-state index is 6.03. The van der Waals surface area contributed by atoms with Crippen molar-refractivity contribution in [2.45, 2.75) is 5.88 Å². The third-order valence-electron chi connectivity index (χ3n) is 2.28. The molecule has 2 aromatic carbocycles. The van der Waals surface area contributed by atoms with E-state index in [1.54, 1.807) is 36.4 Å². The summed E-state index contributed by atoms with van der Waals surface area (Å²) in [5.74, 6) is 1.39. The molecule has 0 saturated heterocycles. The van der Waals surface area contributed by atoms with Crippen LogP contribution >= 0.6 is 46.4 Å². The van der Waals surface area contributed by atoms with Crippen molar-refractivity contribution in [3.05, 3.63) is 57.0 Å². The summed E-state index contributed by atoms with van der Waals surface area (Å²) in [6.45, 7) is 0. The highest BCUT2D eigenvalue weighted by Crippen LogP contribution is 2.34. The molecular weight excluding hydrogens is 314 g/mol. The predicted molar refractivity (Wildman–Crippen MR) is 77.5 cm³/mol. The largest absolute Gasteiger partial charge is 0.455 e. The van der Waals surface area contributed by atoms with Crippen LogP contribution in [0, 0.1) is 0 Å². The van der Waals surface area contributed by atoms with Crippen LogP contribution in [0.2, 0.25) is 15.1 Å². The highest BCUT2D eigenvalue weighted by atomic mass is 35.5. The highest BCUT2D eigenvalue weighted by Gasteiger charge is 2.08. The van der Waals surface area contributed by atoms with Crippen LogP contribution in [0.3, 0.4) is 0 Å². The van der Waals surface area contributed by atoms with Crippen molar-refractivity contribution >= 4 is 46.4 Å². The van der Waals surface area contributed by atoms with Gasteiger partial charge >= 0.3 is 0 Å². The van der Waals surface area contributed by atoms with Gasteiger partial charge in [0.15, 0.2) is 0 Å². The minimum absolute atomic E-state index is 0.300. The van der Waals surface area contributed by atoms with Crippen molar-refractivity contribution in [1.29, 1.82) is 0 Å². The topological polar surface area (TPSA) is 9.23 Å². The summed E-state index contributed by atoms with van der Waals surface area (Å²) in [4.78, 5) is 0. The van der Waals surface area contributed by atoms with E-state index in [0.29, 0.717) is 32.4 Å². The first-order chi connectivity index (χ1) is 8.60. The molecule has 0 amide bonds. The molecule has 0 saturated carbocycles. The van der Waals surface area contributed by atoms with Crippen LogP contribution < -0.4 is 4.74 Å². The van der Waals surface area contributed by atoms with Crippen LogP contribution in [0.4, 0.5) is 0 Å². The summed E-state index contributed by atoms with van der Waals surface area (Å²) < 4.78 is 5.71. The zero-order valence-corrected chi connectivity index (χ0v) is 12.1. The van der Waals surface area contributed by atoms with Crippen LogP contribution in [-0.2, 0) is 5.88 Å². The Morgan fingerprint density at radius 1 is 0.833 bits per heavy atom. The Kier molecular flexibility index (Phi) is 4.63. The molecule has 5 heteroatoms. The zero-order valence-electron chi connectivity index (χ0n) is 9.09. The second-order valence-corrected chi connectivity index (χ2v) is 5.11. The highest BCUT2D eigenvalue weighted by molar-refractivity contribution is 6.34. The van der Waals surface area contributed by atoms with E-state index in [-0.39, 0.29) is 0 Å². The molecule has 0 aliphatic rings. The average molecular weight is 322 g/mol. The Balaban J connectivity index is 2.36. The smallest absolute Gasteiger partial charge is 0.147 e. The van der Waals surface area contributed by atoms with E-state index in [1.165, 1.54) is 0 Å².